The number of thioether (sulfide) groups is 1. The van der Waals surface area contributed by atoms with Crippen LogP contribution in [0.1, 0.15) is 49.2 Å². The molecule has 1 saturated heterocycles. The lowest BCUT2D eigenvalue weighted by Gasteiger charge is -2.40. The first-order valence-corrected chi connectivity index (χ1v) is 14.5. The molecule has 1 fully saturated rings. The second kappa shape index (κ2) is 11.3. The van der Waals surface area contributed by atoms with Crippen molar-refractivity contribution in [2.45, 2.75) is 51.2 Å². The largest absolute Gasteiger partial charge is 0.461 e. The zero-order chi connectivity index (χ0) is 28.4. The van der Waals surface area contributed by atoms with Crippen LogP contribution >= 0.6 is 11.8 Å². The van der Waals surface area contributed by atoms with Gasteiger partial charge < -0.3 is 14.2 Å². The molecule has 1 unspecified atom stereocenters. The Morgan fingerprint density at radius 1 is 1.00 bits per heavy atom. The molecular formula is C31H35N5O3S. The third-order valence-corrected chi connectivity index (χ3v) is 8.21. The third kappa shape index (κ3) is 5.70. The first-order valence-electron chi connectivity index (χ1n) is 13.5. The highest BCUT2D eigenvalue weighted by Gasteiger charge is 2.31. The highest BCUT2D eigenvalue weighted by atomic mass is 32.2. The average Bonchev–Trinajstić information content (AvgIpc) is 3.61. The minimum absolute atomic E-state index is 0.00576. The van der Waals surface area contributed by atoms with Gasteiger partial charge in [0.1, 0.15) is 0 Å². The summed E-state index contributed by atoms with van der Waals surface area (Å²) in [6.07, 6.45) is 1.61. The fourth-order valence-corrected chi connectivity index (χ4v) is 5.79. The van der Waals surface area contributed by atoms with Crippen LogP contribution in [0.4, 0.5) is 0 Å². The highest BCUT2D eigenvalue weighted by Crippen LogP contribution is 2.30. The number of nitrogens with zero attached hydrogens (tertiary/aromatic N) is 5. The number of hydrogen-bond donors (Lipinski definition) is 0. The van der Waals surface area contributed by atoms with Gasteiger partial charge in [-0.2, -0.15) is 0 Å². The van der Waals surface area contributed by atoms with Crippen LogP contribution in [-0.4, -0.2) is 67.8 Å². The number of carbonyl (C=O) groups is 2. The quantitative estimate of drug-likeness (QED) is 0.287. The van der Waals surface area contributed by atoms with E-state index in [-0.39, 0.29) is 29.0 Å². The summed E-state index contributed by atoms with van der Waals surface area (Å²) in [5.41, 5.74) is 3.90. The van der Waals surface area contributed by atoms with E-state index >= 15 is 0 Å². The lowest BCUT2D eigenvalue weighted by molar-refractivity contribution is -0.130. The second-order valence-electron chi connectivity index (χ2n) is 11.2. The predicted molar refractivity (Wildman–Crippen MR) is 157 cm³/mol. The zero-order valence-electron chi connectivity index (χ0n) is 23.6. The van der Waals surface area contributed by atoms with Crippen LogP contribution in [0, 0.1) is 6.92 Å². The molecule has 0 spiro atoms. The number of benzene rings is 2. The normalized spacial score (nSPS) is 15.9. The number of amides is 2. The standard InChI is InChI=1S/C31H35N5O3S/c1-21-9-6-7-10-25(21)36-28(26-11-8-18-39-26)32-33-30(36)40-20-27(37)34-16-17-35(22(2)19-34)29(38)23-12-14-24(15-13-23)31(3,4)5/h6-15,18,22H,16-17,19-20H2,1-5H3. The maximum absolute atomic E-state index is 13.3. The summed E-state index contributed by atoms with van der Waals surface area (Å²) in [6.45, 7) is 12.0. The van der Waals surface area contributed by atoms with Gasteiger partial charge in [-0.1, -0.05) is 62.9 Å². The average molecular weight is 558 g/mol. The minimum Gasteiger partial charge on any atom is -0.461 e. The van der Waals surface area contributed by atoms with Gasteiger partial charge in [0, 0.05) is 31.2 Å². The number of para-hydroxylation sites is 1. The number of furan rings is 1. The van der Waals surface area contributed by atoms with Crippen LogP contribution in [0.15, 0.2) is 76.5 Å². The van der Waals surface area contributed by atoms with E-state index in [4.69, 9.17) is 4.42 Å². The van der Waals surface area contributed by atoms with Crippen molar-refractivity contribution >= 4 is 23.6 Å². The molecule has 0 radical (unpaired) electrons. The third-order valence-electron chi connectivity index (χ3n) is 7.29. The summed E-state index contributed by atoms with van der Waals surface area (Å²) in [7, 11) is 0. The molecule has 8 nitrogen and oxygen atoms in total. The van der Waals surface area contributed by atoms with Gasteiger partial charge in [-0.15, -0.1) is 10.2 Å². The van der Waals surface area contributed by atoms with Crippen molar-refractivity contribution in [1.29, 1.82) is 0 Å². The number of rotatable bonds is 6. The van der Waals surface area contributed by atoms with E-state index in [1.165, 1.54) is 17.3 Å². The Bertz CT molecular complexity index is 1490. The Labute approximate surface area is 239 Å². The van der Waals surface area contributed by atoms with Gasteiger partial charge in [-0.05, 0) is 60.7 Å². The van der Waals surface area contributed by atoms with Crippen LogP contribution in [0.2, 0.25) is 0 Å². The molecule has 9 heteroatoms. The van der Waals surface area contributed by atoms with Crippen molar-refractivity contribution in [3.8, 4) is 17.3 Å². The molecule has 0 bridgehead atoms. The van der Waals surface area contributed by atoms with Gasteiger partial charge in [-0.25, -0.2) is 0 Å². The molecule has 3 heterocycles. The van der Waals surface area contributed by atoms with Crippen molar-refractivity contribution in [3.05, 3.63) is 83.6 Å². The van der Waals surface area contributed by atoms with Crippen molar-refractivity contribution in [3.63, 3.8) is 0 Å². The van der Waals surface area contributed by atoms with Gasteiger partial charge in [0.25, 0.3) is 5.91 Å². The Kier molecular flexibility index (Phi) is 7.85. The topological polar surface area (TPSA) is 84.5 Å². The molecule has 1 aliphatic heterocycles. The van der Waals surface area contributed by atoms with Crippen molar-refractivity contribution in [2.24, 2.45) is 0 Å². The minimum atomic E-state index is -0.0846. The number of aromatic nitrogens is 3. The smallest absolute Gasteiger partial charge is 0.254 e. The molecule has 208 valence electrons. The van der Waals surface area contributed by atoms with E-state index in [1.807, 2.05) is 88.9 Å². The summed E-state index contributed by atoms with van der Waals surface area (Å²) in [5, 5.41) is 9.41. The fourth-order valence-electron chi connectivity index (χ4n) is 4.94. The molecule has 0 saturated carbocycles. The van der Waals surface area contributed by atoms with E-state index in [9.17, 15) is 9.59 Å². The Hall–Kier alpha value is -3.85. The Morgan fingerprint density at radius 3 is 2.40 bits per heavy atom. The van der Waals surface area contributed by atoms with Crippen LogP contribution < -0.4 is 0 Å². The van der Waals surface area contributed by atoms with E-state index in [0.717, 1.165) is 11.3 Å². The van der Waals surface area contributed by atoms with Crippen molar-refractivity contribution < 1.29 is 14.0 Å². The second-order valence-corrected chi connectivity index (χ2v) is 12.2. The Balaban J connectivity index is 1.25. The zero-order valence-corrected chi connectivity index (χ0v) is 24.4. The van der Waals surface area contributed by atoms with Crippen LogP contribution in [-0.2, 0) is 10.2 Å². The summed E-state index contributed by atoms with van der Waals surface area (Å²) < 4.78 is 7.55. The van der Waals surface area contributed by atoms with E-state index in [2.05, 4.69) is 31.0 Å². The first-order chi connectivity index (χ1) is 19.1. The van der Waals surface area contributed by atoms with Gasteiger partial charge in [0.15, 0.2) is 10.9 Å². The maximum Gasteiger partial charge on any atom is 0.254 e. The molecule has 1 aliphatic rings. The molecule has 0 N–H and O–H groups in total. The van der Waals surface area contributed by atoms with Crippen LogP contribution in [0.3, 0.4) is 0 Å². The van der Waals surface area contributed by atoms with Crippen LogP contribution in [0.5, 0.6) is 0 Å². The first kappa shape index (κ1) is 27.7. The van der Waals surface area contributed by atoms with E-state index in [0.29, 0.717) is 41.9 Å². The van der Waals surface area contributed by atoms with E-state index < -0.39 is 0 Å². The number of piperazine rings is 1. The van der Waals surface area contributed by atoms with Crippen molar-refractivity contribution in [2.75, 3.05) is 25.4 Å². The molecule has 0 aliphatic carbocycles. The monoisotopic (exact) mass is 557 g/mol. The summed E-state index contributed by atoms with van der Waals surface area (Å²) in [6, 6.07) is 19.4. The number of carbonyl (C=O) groups excluding carboxylic acids is 2. The van der Waals surface area contributed by atoms with Gasteiger partial charge in [0.2, 0.25) is 11.7 Å². The summed E-state index contributed by atoms with van der Waals surface area (Å²) in [5.74, 6) is 1.43. The molecule has 2 aromatic carbocycles. The molecule has 40 heavy (non-hydrogen) atoms. The summed E-state index contributed by atoms with van der Waals surface area (Å²) in [4.78, 5) is 30.2. The van der Waals surface area contributed by atoms with E-state index in [1.54, 1.807) is 6.26 Å². The number of aryl methyl sites for hydroxylation is 1. The molecule has 4 aromatic rings. The van der Waals surface area contributed by atoms with Gasteiger partial charge in [-0.3, -0.25) is 14.2 Å². The predicted octanol–water partition coefficient (Wildman–Crippen LogP) is 5.60. The van der Waals surface area contributed by atoms with Gasteiger partial charge >= 0.3 is 0 Å². The fraction of sp³-hybridized carbons (Fsp3) is 0.355. The SMILES string of the molecule is Cc1ccccc1-n1c(SCC(=O)N2CCN(C(=O)c3ccc(C(C)(C)C)cc3)C(C)C2)nnc1-c1ccco1. The Morgan fingerprint density at radius 2 is 1.75 bits per heavy atom. The van der Waals surface area contributed by atoms with Crippen molar-refractivity contribution in [1.82, 2.24) is 24.6 Å². The highest BCUT2D eigenvalue weighted by molar-refractivity contribution is 7.99. The van der Waals surface area contributed by atoms with Crippen LogP contribution in [0.25, 0.3) is 17.3 Å². The molecule has 2 amide bonds. The maximum atomic E-state index is 13.3. The molecular weight excluding hydrogens is 522 g/mol. The molecule has 5 rings (SSSR count). The van der Waals surface area contributed by atoms with Gasteiger partial charge in [0.05, 0.1) is 17.7 Å². The molecule has 2 aromatic heterocycles. The number of hydrogen-bond acceptors (Lipinski definition) is 6. The summed E-state index contributed by atoms with van der Waals surface area (Å²) >= 11 is 1.35. The lowest BCUT2D eigenvalue weighted by Crippen LogP contribution is -2.55. The lowest BCUT2D eigenvalue weighted by atomic mass is 9.86. The molecule has 1 atom stereocenters.